The summed E-state index contributed by atoms with van der Waals surface area (Å²) >= 11 is 0. The molecule has 2 rings (SSSR count). The maximum Gasteiger partial charge on any atom is 0.263 e. The molecule has 0 aromatic heterocycles. The summed E-state index contributed by atoms with van der Waals surface area (Å²) in [7, 11) is 0. The summed E-state index contributed by atoms with van der Waals surface area (Å²) in [4.78, 5) is 13.2. The highest BCUT2D eigenvalue weighted by molar-refractivity contribution is 5.90. The third-order valence-corrected chi connectivity index (χ3v) is 4.86. The number of aryl methyl sites for hydroxylation is 1. The van der Waals surface area contributed by atoms with E-state index >= 15 is 0 Å². The monoisotopic (exact) mass is 353 g/mol. The molecule has 140 valence electrons. The molecule has 0 aliphatic carbocycles. The molecule has 4 nitrogen and oxygen atoms in total. The Morgan fingerprint density at radius 2 is 1.58 bits per heavy atom. The highest BCUT2D eigenvalue weighted by atomic mass is 16.2. The van der Waals surface area contributed by atoms with Gasteiger partial charge < -0.3 is 5.32 Å². The Labute approximate surface area is 157 Å². The second-order valence-corrected chi connectivity index (χ2v) is 6.90. The number of anilines is 2. The second kappa shape index (κ2) is 9.27. The Morgan fingerprint density at radius 3 is 2.19 bits per heavy atom. The highest BCUT2D eigenvalue weighted by Crippen LogP contribution is 2.29. The summed E-state index contributed by atoms with van der Waals surface area (Å²) < 4.78 is 0. The van der Waals surface area contributed by atoms with Gasteiger partial charge in [0.2, 0.25) is 0 Å². The van der Waals surface area contributed by atoms with Crippen LogP contribution in [0.15, 0.2) is 48.5 Å². The Kier molecular flexibility index (Phi) is 7.07. The van der Waals surface area contributed by atoms with E-state index in [1.165, 1.54) is 11.1 Å². The molecule has 0 aliphatic heterocycles. The fourth-order valence-corrected chi connectivity index (χ4v) is 3.30. The van der Waals surface area contributed by atoms with Gasteiger partial charge in [-0.25, -0.2) is 0 Å². The van der Waals surface area contributed by atoms with E-state index in [4.69, 9.17) is 0 Å². The first-order valence-corrected chi connectivity index (χ1v) is 9.48. The van der Waals surface area contributed by atoms with E-state index in [1.54, 1.807) is 0 Å². The van der Waals surface area contributed by atoms with Gasteiger partial charge in [-0.05, 0) is 56.0 Å². The summed E-state index contributed by atoms with van der Waals surface area (Å²) in [5.41, 5.74) is 9.63. The summed E-state index contributed by atoms with van der Waals surface area (Å²) in [5, 5.41) is 3.59. The third kappa shape index (κ3) is 4.78. The molecule has 0 unspecified atom stereocenters. The molecule has 4 heteroatoms. The zero-order chi connectivity index (χ0) is 19.0. The normalized spacial score (nSPS) is 11.1. The van der Waals surface area contributed by atoms with Crippen molar-refractivity contribution in [2.24, 2.45) is 0 Å². The van der Waals surface area contributed by atoms with Crippen LogP contribution in [0, 0.1) is 13.8 Å². The molecule has 0 saturated heterocycles. The molecule has 0 spiro atoms. The lowest BCUT2D eigenvalue weighted by atomic mass is 9.86. The summed E-state index contributed by atoms with van der Waals surface area (Å²) in [6.45, 7) is 8.43. The van der Waals surface area contributed by atoms with Crippen LogP contribution in [0.5, 0.6) is 0 Å². The van der Waals surface area contributed by atoms with Crippen LogP contribution in [0.1, 0.15) is 50.7 Å². The molecular weight excluding hydrogens is 322 g/mol. The van der Waals surface area contributed by atoms with Crippen LogP contribution in [-0.4, -0.2) is 11.4 Å². The topological polar surface area (TPSA) is 53.2 Å². The minimum absolute atomic E-state index is 0.0223. The lowest BCUT2D eigenvalue weighted by Crippen LogP contribution is -2.54. The van der Waals surface area contributed by atoms with Crippen molar-refractivity contribution in [3.05, 3.63) is 59.7 Å². The number of hydrazine groups is 1. The van der Waals surface area contributed by atoms with Crippen LogP contribution in [0.2, 0.25) is 0 Å². The standard InChI is InChI=1S/C22H31N3O/c1-5-15-22(16-6-2,23-20-14-10-11-17(3)18(20)4)21(26)25-24-19-12-8-7-9-13-19/h7-14,23-24H,5-6,15-16H2,1-4H3,(H,25,26). The van der Waals surface area contributed by atoms with Crippen LogP contribution in [-0.2, 0) is 4.79 Å². The Balaban J connectivity index is 2.24. The van der Waals surface area contributed by atoms with Gasteiger partial charge in [-0.3, -0.25) is 15.6 Å². The minimum atomic E-state index is -0.635. The average Bonchev–Trinajstić information content (AvgIpc) is 2.64. The van der Waals surface area contributed by atoms with E-state index in [9.17, 15) is 4.79 Å². The molecule has 0 atom stereocenters. The molecule has 0 bridgehead atoms. The zero-order valence-corrected chi connectivity index (χ0v) is 16.4. The minimum Gasteiger partial charge on any atom is -0.371 e. The van der Waals surface area contributed by atoms with Gasteiger partial charge in [-0.2, -0.15) is 0 Å². The predicted molar refractivity (Wildman–Crippen MR) is 110 cm³/mol. The number of carbonyl (C=O) groups excluding carboxylic acids is 1. The molecule has 2 aromatic rings. The van der Waals surface area contributed by atoms with Crippen molar-refractivity contribution >= 4 is 17.3 Å². The largest absolute Gasteiger partial charge is 0.371 e. The Hall–Kier alpha value is -2.49. The van der Waals surface area contributed by atoms with Crippen molar-refractivity contribution in [1.29, 1.82) is 0 Å². The Bertz CT molecular complexity index is 707. The van der Waals surface area contributed by atoms with Crippen LogP contribution in [0.25, 0.3) is 0 Å². The van der Waals surface area contributed by atoms with Gasteiger partial charge in [0.05, 0.1) is 5.69 Å². The van der Waals surface area contributed by atoms with Gasteiger partial charge in [0.25, 0.3) is 5.91 Å². The summed E-state index contributed by atoms with van der Waals surface area (Å²) in [5.74, 6) is -0.0223. The van der Waals surface area contributed by atoms with Crippen molar-refractivity contribution in [3.8, 4) is 0 Å². The first kappa shape index (κ1) is 19.8. The highest BCUT2D eigenvalue weighted by Gasteiger charge is 2.37. The van der Waals surface area contributed by atoms with Crippen LogP contribution < -0.4 is 16.2 Å². The van der Waals surface area contributed by atoms with E-state index in [2.05, 4.69) is 56.0 Å². The number of amides is 1. The fourth-order valence-electron chi connectivity index (χ4n) is 3.30. The number of hydrogen-bond acceptors (Lipinski definition) is 3. The van der Waals surface area contributed by atoms with E-state index in [0.717, 1.165) is 37.1 Å². The number of para-hydroxylation sites is 1. The fraction of sp³-hybridized carbons (Fsp3) is 0.409. The zero-order valence-electron chi connectivity index (χ0n) is 16.4. The van der Waals surface area contributed by atoms with Gasteiger partial charge in [0.1, 0.15) is 5.54 Å². The van der Waals surface area contributed by atoms with Crippen LogP contribution >= 0.6 is 0 Å². The number of hydrogen-bond donors (Lipinski definition) is 3. The van der Waals surface area contributed by atoms with Crippen LogP contribution in [0.4, 0.5) is 11.4 Å². The smallest absolute Gasteiger partial charge is 0.263 e. The lowest BCUT2D eigenvalue weighted by Gasteiger charge is -2.35. The van der Waals surface area contributed by atoms with Crippen molar-refractivity contribution in [2.45, 2.75) is 58.9 Å². The van der Waals surface area contributed by atoms with Gasteiger partial charge in [-0.1, -0.05) is 57.0 Å². The lowest BCUT2D eigenvalue weighted by molar-refractivity contribution is -0.125. The SMILES string of the molecule is CCCC(CCC)(Nc1cccc(C)c1C)C(=O)NNc1ccccc1. The van der Waals surface area contributed by atoms with Gasteiger partial charge in [0, 0.05) is 5.69 Å². The van der Waals surface area contributed by atoms with E-state index in [-0.39, 0.29) is 5.91 Å². The first-order chi connectivity index (χ1) is 12.5. The molecule has 1 amide bonds. The van der Waals surface area contributed by atoms with E-state index < -0.39 is 5.54 Å². The number of benzene rings is 2. The Morgan fingerprint density at radius 1 is 0.923 bits per heavy atom. The molecule has 0 radical (unpaired) electrons. The summed E-state index contributed by atoms with van der Waals surface area (Å²) in [6.07, 6.45) is 3.40. The van der Waals surface area contributed by atoms with Crippen molar-refractivity contribution in [1.82, 2.24) is 5.43 Å². The molecule has 0 heterocycles. The number of carbonyl (C=O) groups is 1. The number of nitrogens with one attached hydrogen (secondary N) is 3. The second-order valence-electron chi connectivity index (χ2n) is 6.90. The van der Waals surface area contributed by atoms with Crippen molar-refractivity contribution in [3.63, 3.8) is 0 Å². The van der Waals surface area contributed by atoms with Crippen LogP contribution in [0.3, 0.4) is 0 Å². The summed E-state index contributed by atoms with van der Waals surface area (Å²) in [6, 6.07) is 15.9. The van der Waals surface area contributed by atoms with E-state index in [0.29, 0.717) is 0 Å². The average molecular weight is 354 g/mol. The molecule has 26 heavy (non-hydrogen) atoms. The van der Waals surface area contributed by atoms with Crippen molar-refractivity contribution in [2.75, 3.05) is 10.7 Å². The van der Waals surface area contributed by atoms with E-state index in [1.807, 2.05) is 36.4 Å². The molecule has 3 N–H and O–H groups in total. The third-order valence-electron chi connectivity index (χ3n) is 4.86. The quantitative estimate of drug-likeness (QED) is 0.543. The van der Waals surface area contributed by atoms with Gasteiger partial charge in [0.15, 0.2) is 0 Å². The molecular formula is C22H31N3O. The molecule has 0 fully saturated rings. The maximum absolute atomic E-state index is 13.2. The predicted octanol–water partition coefficient (Wildman–Crippen LogP) is 5.20. The number of rotatable bonds is 9. The van der Waals surface area contributed by atoms with Crippen molar-refractivity contribution < 1.29 is 4.79 Å². The maximum atomic E-state index is 13.2. The first-order valence-electron chi connectivity index (χ1n) is 9.48. The molecule has 0 aliphatic rings. The van der Waals surface area contributed by atoms with Gasteiger partial charge in [-0.15, -0.1) is 0 Å². The molecule has 0 saturated carbocycles. The van der Waals surface area contributed by atoms with Gasteiger partial charge >= 0.3 is 0 Å². The molecule has 2 aromatic carbocycles.